The van der Waals surface area contributed by atoms with E-state index in [1.54, 1.807) is 0 Å². The van der Waals surface area contributed by atoms with Crippen molar-refractivity contribution in [2.75, 3.05) is 18.6 Å². The molecular weight excluding hydrogens is 198 g/mol. The van der Waals surface area contributed by atoms with Crippen molar-refractivity contribution in [2.24, 2.45) is 0 Å². The van der Waals surface area contributed by atoms with Gasteiger partial charge >= 0.3 is 0 Å². The second-order valence-electron chi connectivity index (χ2n) is 3.87. The predicted molar refractivity (Wildman–Crippen MR) is 65.9 cm³/mol. The van der Waals surface area contributed by atoms with Gasteiger partial charge in [-0.05, 0) is 25.6 Å². The van der Waals surface area contributed by atoms with Crippen LogP contribution in [0, 0.1) is 0 Å². The van der Waals surface area contributed by atoms with Crippen molar-refractivity contribution in [3.8, 4) is 0 Å². The minimum Gasteiger partial charge on any atom is -0.313 e. The Bertz CT molecular complexity index is 141. The first-order valence-electron chi connectivity index (χ1n) is 5.10. The number of thioether (sulfide) groups is 2. The van der Waals surface area contributed by atoms with E-state index in [0.29, 0.717) is 0 Å². The summed E-state index contributed by atoms with van der Waals surface area (Å²) in [6.45, 7) is 5.83. The van der Waals surface area contributed by atoms with Crippen LogP contribution >= 0.6 is 23.5 Å². The van der Waals surface area contributed by atoms with Crippen LogP contribution in [0.1, 0.15) is 26.7 Å². The van der Waals surface area contributed by atoms with Gasteiger partial charge < -0.3 is 5.32 Å². The van der Waals surface area contributed by atoms with E-state index in [-0.39, 0.29) is 0 Å². The summed E-state index contributed by atoms with van der Waals surface area (Å²) in [5, 5.41) is 5.32. The fourth-order valence-corrected chi connectivity index (χ4v) is 3.10. The zero-order chi connectivity index (χ0) is 9.68. The van der Waals surface area contributed by atoms with E-state index in [0.717, 1.165) is 16.5 Å². The second kappa shape index (κ2) is 6.20. The summed E-state index contributed by atoms with van der Waals surface area (Å²) in [4.78, 5) is 0. The van der Waals surface area contributed by atoms with Gasteiger partial charge in [0, 0.05) is 22.3 Å². The minimum atomic E-state index is 0.786. The lowest BCUT2D eigenvalue weighted by molar-refractivity contribution is 0.528. The monoisotopic (exact) mass is 219 g/mol. The first-order valence-corrected chi connectivity index (χ1v) is 7.43. The molecule has 1 nitrogen and oxygen atoms in total. The molecule has 0 aliphatic carbocycles. The van der Waals surface area contributed by atoms with Gasteiger partial charge in [-0.25, -0.2) is 0 Å². The minimum absolute atomic E-state index is 0.786. The van der Waals surface area contributed by atoms with Crippen LogP contribution in [0.15, 0.2) is 0 Å². The van der Waals surface area contributed by atoms with Gasteiger partial charge in [-0.2, -0.15) is 23.5 Å². The van der Waals surface area contributed by atoms with Crippen LogP contribution in [0.2, 0.25) is 0 Å². The lowest BCUT2D eigenvalue weighted by Gasteiger charge is -2.13. The third kappa shape index (κ3) is 4.61. The summed E-state index contributed by atoms with van der Waals surface area (Å²) in [7, 11) is 0. The highest BCUT2D eigenvalue weighted by molar-refractivity contribution is 8.00. The van der Waals surface area contributed by atoms with Crippen molar-refractivity contribution in [2.45, 2.75) is 43.2 Å². The fourth-order valence-electron chi connectivity index (χ4n) is 1.57. The third-order valence-electron chi connectivity index (χ3n) is 2.58. The Morgan fingerprint density at radius 3 is 2.92 bits per heavy atom. The first kappa shape index (κ1) is 11.7. The van der Waals surface area contributed by atoms with Gasteiger partial charge in [0.25, 0.3) is 0 Å². The van der Waals surface area contributed by atoms with Crippen molar-refractivity contribution in [3.05, 3.63) is 0 Å². The molecule has 1 saturated heterocycles. The molecule has 1 heterocycles. The Hall–Kier alpha value is 0.660. The first-order chi connectivity index (χ1) is 6.22. The second-order valence-corrected chi connectivity index (χ2v) is 6.61. The molecule has 0 spiro atoms. The maximum absolute atomic E-state index is 3.64. The van der Waals surface area contributed by atoms with Gasteiger partial charge in [0.05, 0.1) is 0 Å². The topological polar surface area (TPSA) is 12.0 Å². The van der Waals surface area contributed by atoms with E-state index >= 15 is 0 Å². The van der Waals surface area contributed by atoms with Crippen molar-refractivity contribution in [1.29, 1.82) is 0 Å². The van der Waals surface area contributed by atoms with Gasteiger partial charge in [0.2, 0.25) is 0 Å². The number of hydrogen-bond acceptors (Lipinski definition) is 3. The molecule has 0 aromatic carbocycles. The van der Waals surface area contributed by atoms with E-state index in [1.165, 1.54) is 25.1 Å². The Kier molecular flexibility index (Phi) is 5.60. The standard InChI is InChI=1S/C10H21NS2/c1-8(12-3)4-5-11-10-6-9(2)13-7-10/h8-11H,4-7H2,1-3H3. The van der Waals surface area contributed by atoms with Crippen LogP contribution in [-0.2, 0) is 0 Å². The van der Waals surface area contributed by atoms with Crippen molar-refractivity contribution >= 4 is 23.5 Å². The molecule has 1 N–H and O–H groups in total. The lowest BCUT2D eigenvalue weighted by atomic mass is 10.2. The average Bonchev–Trinajstić information content (AvgIpc) is 2.51. The van der Waals surface area contributed by atoms with Crippen molar-refractivity contribution in [3.63, 3.8) is 0 Å². The quantitative estimate of drug-likeness (QED) is 0.763. The highest BCUT2D eigenvalue weighted by atomic mass is 32.2. The number of rotatable bonds is 5. The zero-order valence-electron chi connectivity index (χ0n) is 8.88. The van der Waals surface area contributed by atoms with Crippen LogP contribution < -0.4 is 5.32 Å². The van der Waals surface area contributed by atoms with Gasteiger partial charge in [-0.15, -0.1) is 0 Å². The van der Waals surface area contributed by atoms with Crippen LogP contribution in [0.4, 0.5) is 0 Å². The summed E-state index contributed by atoms with van der Waals surface area (Å²) in [5.74, 6) is 1.31. The zero-order valence-corrected chi connectivity index (χ0v) is 10.5. The summed E-state index contributed by atoms with van der Waals surface area (Å²) >= 11 is 4.06. The highest BCUT2D eigenvalue weighted by Crippen LogP contribution is 2.25. The summed E-state index contributed by atoms with van der Waals surface area (Å²) in [6, 6.07) is 0.786. The molecule has 13 heavy (non-hydrogen) atoms. The van der Waals surface area contributed by atoms with Gasteiger partial charge in [0.1, 0.15) is 0 Å². The maximum atomic E-state index is 3.64. The van der Waals surface area contributed by atoms with Gasteiger partial charge in [-0.1, -0.05) is 13.8 Å². The van der Waals surface area contributed by atoms with E-state index in [2.05, 4.69) is 37.2 Å². The molecule has 3 heteroatoms. The van der Waals surface area contributed by atoms with Gasteiger partial charge in [-0.3, -0.25) is 0 Å². The van der Waals surface area contributed by atoms with Crippen LogP contribution in [0.3, 0.4) is 0 Å². The molecule has 0 saturated carbocycles. The molecule has 78 valence electrons. The van der Waals surface area contributed by atoms with E-state index in [4.69, 9.17) is 0 Å². The molecule has 1 rings (SSSR count). The highest BCUT2D eigenvalue weighted by Gasteiger charge is 2.20. The van der Waals surface area contributed by atoms with Gasteiger partial charge in [0.15, 0.2) is 0 Å². The van der Waals surface area contributed by atoms with Crippen molar-refractivity contribution < 1.29 is 0 Å². The summed E-state index contributed by atoms with van der Waals surface area (Å²) in [5.41, 5.74) is 0. The Balaban J connectivity index is 2.00. The normalized spacial score (nSPS) is 30.7. The molecule has 1 fully saturated rings. The van der Waals surface area contributed by atoms with Crippen LogP contribution in [0.25, 0.3) is 0 Å². The molecule has 0 aromatic rings. The Morgan fingerprint density at radius 1 is 1.62 bits per heavy atom. The molecule has 0 aromatic heterocycles. The van der Waals surface area contributed by atoms with Crippen molar-refractivity contribution in [1.82, 2.24) is 5.32 Å². The van der Waals surface area contributed by atoms with Crippen LogP contribution in [0.5, 0.6) is 0 Å². The van der Waals surface area contributed by atoms with E-state index < -0.39 is 0 Å². The lowest BCUT2D eigenvalue weighted by Crippen LogP contribution is -2.30. The summed E-state index contributed by atoms with van der Waals surface area (Å²) in [6.07, 6.45) is 4.85. The number of nitrogens with one attached hydrogen (secondary N) is 1. The Morgan fingerprint density at radius 2 is 2.38 bits per heavy atom. The van der Waals surface area contributed by atoms with E-state index in [9.17, 15) is 0 Å². The molecule has 3 unspecified atom stereocenters. The predicted octanol–water partition coefficient (Wildman–Crippen LogP) is 2.61. The van der Waals surface area contributed by atoms with E-state index in [1.807, 2.05) is 11.8 Å². The maximum Gasteiger partial charge on any atom is 0.0168 e. The molecule has 1 aliphatic rings. The smallest absolute Gasteiger partial charge is 0.0168 e. The molecule has 0 bridgehead atoms. The molecule has 3 atom stereocenters. The molecular formula is C10H21NS2. The Labute approximate surface area is 90.8 Å². The third-order valence-corrected chi connectivity index (χ3v) is 4.98. The fraction of sp³-hybridized carbons (Fsp3) is 1.00. The summed E-state index contributed by atoms with van der Waals surface area (Å²) < 4.78 is 0. The molecule has 0 amide bonds. The average molecular weight is 219 g/mol. The molecule has 0 radical (unpaired) electrons. The SMILES string of the molecule is CSC(C)CCNC1CSC(C)C1. The number of hydrogen-bond donors (Lipinski definition) is 1. The largest absolute Gasteiger partial charge is 0.313 e. The van der Waals surface area contributed by atoms with Crippen LogP contribution in [-0.4, -0.2) is 35.1 Å². The molecule has 1 aliphatic heterocycles.